The maximum Gasteiger partial charge on any atom is 0.253 e. The molecule has 1 aliphatic rings. The van der Waals surface area contributed by atoms with E-state index in [9.17, 15) is 10.1 Å². The molecule has 1 aromatic heterocycles. The van der Waals surface area contributed by atoms with Gasteiger partial charge in [0.2, 0.25) is 17.5 Å². The molecule has 6 nitrogen and oxygen atoms in total. The number of rotatable bonds is 4. The van der Waals surface area contributed by atoms with Gasteiger partial charge in [-0.25, -0.2) is 0 Å². The molecule has 0 saturated carbocycles. The number of hydrogen-bond donors (Lipinski definition) is 0. The third-order valence-electron chi connectivity index (χ3n) is 4.92. The zero-order valence-electron chi connectivity index (χ0n) is 16.2. The highest BCUT2D eigenvalue weighted by atomic mass is 35.5. The lowest BCUT2D eigenvalue weighted by Gasteiger charge is -2.34. The van der Waals surface area contributed by atoms with Gasteiger partial charge >= 0.3 is 0 Å². The molecule has 0 spiro atoms. The molecular formula is C23H19ClN4O2. The van der Waals surface area contributed by atoms with Gasteiger partial charge in [0.05, 0.1) is 0 Å². The zero-order chi connectivity index (χ0) is 20.9. The first-order valence-electron chi connectivity index (χ1n) is 9.58. The Morgan fingerprint density at radius 1 is 1.03 bits per heavy atom. The van der Waals surface area contributed by atoms with Crippen molar-refractivity contribution in [1.82, 2.24) is 9.88 Å². The van der Waals surface area contributed by atoms with Crippen LogP contribution in [-0.2, 0) is 0 Å². The fourth-order valence-electron chi connectivity index (χ4n) is 3.33. The molecule has 0 unspecified atom stereocenters. The summed E-state index contributed by atoms with van der Waals surface area (Å²) in [5, 5.41) is 10.1. The fraction of sp³-hybridized carbons (Fsp3) is 0.174. The molecule has 0 aliphatic carbocycles. The average molecular weight is 419 g/mol. The molecule has 150 valence electrons. The minimum Gasteiger partial charge on any atom is -0.420 e. The molecule has 4 rings (SSSR count). The van der Waals surface area contributed by atoms with Gasteiger partial charge in [0.1, 0.15) is 6.07 Å². The summed E-state index contributed by atoms with van der Waals surface area (Å²) >= 11 is 6.16. The Bertz CT molecular complexity index is 1110. The number of nitrogens with zero attached hydrogens (tertiary/aromatic N) is 4. The summed E-state index contributed by atoms with van der Waals surface area (Å²) in [5.74, 6) is 0.782. The van der Waals surface area contributed by atoms with Crippen LogP contribution in [0.5, 0.6) is 0 Å². The van der Waals surface area contributed by atoms with Crippen LogP contribution in [0.4, 0.5) is 5.88 Å². The van der Waals surface area contributed by atoms with Crippen LogP contribution in [0.2, 0.25) is 5.02 Å². The van der Waals surface area contributed by atoms with E-state index in [0.717, 1.165) is 5.56 Å². The number of halogens is 1. The third kappa shape index (κ3) is 4.22. The van der Waals surface area contributed by atoms with E-state index in [1.165, 1.54) is 0 Å². The summed E-state index contributed by atoms with van der Waals surface area (Å²) in [7, 11) is 0. The lowest BCUT2D eigenvalue weighted by Crippen LogP contribution is -2.48. The van der Waals surface area contributed by atoms with E-state index >= 15 is 0 Å². The molecule has 0 radical (unpaired) electrons. The van der Waals surface area contributed by atoms with Crippen molar-refractivity contribution in [3.05, 3.63) is 82.3 Å². The van der Waals surface area contributed by atoms with Gasteiger partial charge in [-0.05, 0) is 29.8 Å². The van der Waals surface area contributed by atoms with E-state index in [1.54, 1.807) is 18.2 Å². The van der Waals surface area contributed by atoms with Crippen LogP contribution in [0.25, 0.3) is 12.2 Å². The standard InChI is InChI=1S/C23H19ClN4O2/c24-19-9-5-4-6-17(19)10-11-21-26-20(16-25)23(30-21)28-14-12-27(13-15-28)22(29)18-7-2-1-3-8-18/h1-11H,12-15H2. The molecule has 7 heteroatoms. The molecule has 0 N–H and O–H groups in total. The van der Waals surface area contributed by atoms with Crippen molar-refractivity contribution in [2.24, 2.45) is 0 Å². The number of benzene rings is 2. The first-order valence-corrected chi connectivity index (χ1v) is 9.96. The number of carbonyl (C=O) groups excluding carboxylic acids is 1. The van der Waals surface area contributed by atoms with Crippen LogP contribution in [0.3, 0.4) is 0 Å². The van der Waals surface area contributed by atoms with Gasteiger partial charge in [0.15, 0.2) is 0 Å². The van der Waals surface area contributed by atoms with Gasteiger partial charge in [0, 0.05) is 42.8 Å². The van der Waals surface area contributed by atoms with Gasteiger partial charge in [-0.2, -0.15) is 10.2 Å². The van der Waals surface area contributed by atoms with Crippen LogP contribution < -0.4 is 4.90 Å². The summed E-state index contributed by atoms with van der Waals surface area (Å²) in [5.41, 5.74) is 1.75. The molecule has 1 fully saturated rings. The topological polar surface area (TPSA) is 73.4 Å². The minimum absolute atomic E-state index is 0.0108. The molecule has 1 aliphatic heterocycles. The molecule has 30 heavy (non-hydrogen) atoms. The van der Waals surface area contributed by atoms with Crippen LogP contribution in [0.1, 0.15) is 27.5 Å². The average Bonchev–Trinajstić information content (AvgIpc) is 3.22. The molecule has 3 aromatic rings. The minimum atomic E-state index is 0.0108. The van der Waals surface area contributed by atoms with Crippen LogP contribution in [0, 0.1) is 11.3 Å². The second-order valence-electron chi connectivity index (χ2n) is 6.82. The third-order valence-corrected chi connectivity index (χ3v) is 5.26. The smallest absolute Gasteiger partial charge is 0.253 e. The predicted octanol–water partition coefficient (Wildman–Crippen LogP) is 4.33. The SMILES string of the molecule is N#Cc1nc(C=Cc2ccccc2Cl)oc1N1CCN(C(=O)c2ccccc2)CC1. The lowest BCUT2D eigenvalue weighted by atomic mass is 10.2. The van der Waals surface area contributed by atoms with E-state index in [0.29, 0.717) is 48.5 Å². The van der Waals surface area contributed by atoms with Gasteiger partial charge in [-0.3, -0.25) is 4.79 Å². The zero-order valence-corrected chi connectivity index (χ0v) is 16.9. The highest BCUT2D eigenvalue weighted by Gasteiger charge is 2.26. The Kier molecular flexibility index (Phi) is 5.82. The normalized spacial score (nSPS) is 14.1. The summed E-state index contributed by atoms with van der Waals surface area (Å²) in [4.78, 5) is 20.7. The molecular weight excluding hydrogens is 400 g/mol. The number of oxazole rings is 1. The highest BCUT2D eigenvalue weighted by Crippen LogP contribution is 2.25. The molecule has 2 heterocycles. The largest absolute Gasteiger partial charge is 0.420 e. The van der Waals surface area contributed by atoms with E-state index in [1.807, 2.05) is 58.3 Å². The van der Waals surface area contributed by atoms with Crippen molar-refractivity contribution in [2.75, 3.05) is 31.1 Å². The van der Waals surface area contributed by atoms with Crippen molar-refractivity contribution in [3.8, 4) is 6.07 Å². The number of hydrogen-bond acceptors (Lipinski definition) is 5. The Balaban J connectivity index is 1.46. The summed E-state index contributed by atoms with van der Waals surface area (Å²) in [6, 6.07) is 18.8. The molecule has 1 amide bonds. The molecule has 0 bridgehead atoms. The van der Waals surface area contributed by atoms with Gasteiger partial charge in [-0.1, -0.05) is 48.0 Å². The predicted molar refractivity (Wildman–Crippen MR) is 116 cm³/mol. The van der Waals surface area contributed by atoms with E-state index in [-0.39, 0.29) is 11.6 Å². The van der Waals surface area contributed by atoms with Crippen molar-refractivity contribution in [1.29, 1.82) is 5.26 Å². The second-order valence-corrected chi connectivity index (χ2v) is 7.22. The van der Waals surface area contributed by atoms with E-state index in [4.69, 9.17) is 16.0 Å². The number of piperazine rings is 1. The fourth-order valence-corrected chi connectivity index (χ4v) is 3.53. The van der Waals surface area contributed by atoms with E-state index < -0.39 is 0 Å². The monoisotopic (exact) mass is 418 g/mol. The lowest BCUT2D eigenvalue weighted by molar-refractivity contribution is 0.0745. The van der Waals surface area contributed by atoms with E-state index in [2.05, 4.69) is 11.1 Å². The highest BCUT2D eigenvalue weighted by molar-refractivity contribution is 6.32. The van der Waals surface area contributed by atoms with Crippen LogP contribution in [0.15, 0.2) is 59.0 Å². The molecule has 1 saturated heterocycles. The van der Waals surface area contributed by atoms with Crippen molar-refractivity contribution in [3.63, 3.8) is 0 Å². The summed E-state index contributed by atoms with van der Waals surface area (Å²) < 4.78 is 5.85. The van der Waals surface area contributed by atoms with Crippen molar-refractivity contribution in [2.45, 2.75) is 0 Å². The summed E-state index contributed by atoms with van der Waals surface area (Å²) in [6.07, 6.45) is 3.50. The van der Waals surface area contributed by atoms with Crippen LogP contribution >= 0.6 is 11.6 Å². The first kappa shape index (κ1) is 19.7. The number of nitriles is 1. The maximum absolute atomic E-state index is 12.6. The van der Waals surface area contributed by atoms with Gasteiger partial charge < -0.3 is 14.2 Å². The van der Waals surface area contributed by atoms with Gasteiger partial charge in [-0.15, -0.1) is 0 Å². The van der Waals surface area contributed by atoms with Crippen molar-refractivity contribution >= 4 is 35.5 Å². The first-order chi connectivity index (χ1) is 14.7. The quantitative estimate of drug-likeness (QED) is 0.630. The van der Waals surface area contributed by atoms with Crippen molar-refractivity contribution < 1.29 is 9.21 Å². The Hall–Kier alpha value is -3.56. The number of aromatic nitrogens is 1. The Morgan fingerprint density at radius 3 is 2.43 bits per heavy atom. The summed E-state index contributed by atoms with van der Waals surface area (Å²) in [6.45, 7) is 2.22. The van der Waals surface area contributed by atoms with Gasteiger partial charge in [0.25, 0.3) is 5.91 Å². The molecule has 0 atom stereocenters. The Morgan fingerprint density at radius 2 is 1.73 bits per heavy atom. The molecule has 2 aromatic carbocycles. The van der Waals surface area contributed by atoms with Crippen LogP contribution in [-0.4, -0.2) is 42.0 Å². The number of amides is 1. The Labute approximate surface area is 179 Å². The number of anilines is 1. The maximum atomic E-state index is 12.6. The second kappa shape index (κ2) is 8.85. The number of carbonyl (C=O) groups is 1.